The summed E-state index contributed by atoms with van der Waals surface area (Å²) in [6.45, 7) is 0. The fourth-order valence-corrected chi connectivity index (χ4v) is 4.13. The van der Waals surface area contributed by atoms with Crippen molar-refractivity contribution in [3.63, 3.8) is 0 Å². The van der Waals surface area contributed by atoms with Crippen molar-refractivity contribution < 1.29 is 0 Å². The average molecular weight is 365 g/mol. The Balaban J connectivity index is 2.40. The summed E-state index contributed by atoms with van der Waals surface area (Å²) in [4.78, 5) is 5.31. The summed E-state index contributed by atoms with van der Waals surface area (Å²) in [5.41, 5.74) is 2.74. The molecule has 0 amide bonds. The first-order valence-corrected chi connectivity index (χ1v) is 8.20. The van der Waals surface area contributed by atoms with Crippen LogP contribution < -0.4 is 0 Å². The normalized spacial score (nSPS) is 11.7. The van der Waals surface area contributed by atoms with Crippen LogP contribution in [0, 0.1) is 0 Å². The largest absolute Gasteiger partial charge is 0.253 e. The van der Waals surface area contributed by atoms with Crippen LogP contribution in [0.15, 0.2) is 40.4 Å². The van der Waals surface area contributed by atoms with E-state index in [9.17, 15) is 0 Å². The van der Waals surface area contributed by atoms with Gasteiger partial charge in [0.05, 0.1) is 5.51 Å². The highest BCUT2D eigenvalue weighted by molar-refractivity contribution is 9.10. The van der Waals surface area contributed by atoms with Gasteiger partial charge in [-0.3, -0.25) is 4.98 Å². The molecule has 0 N–H and O–H groups in total. The van der Waals surface area contributed by atoms with E-state index in [1.165, 1.54) is 4.88 Å². The van der Waals surface area contributed by atoms with E-state index in [2.05, 4.69) is 27.0 Å². The van der Waals surface area contributed by atoms with Gasteiger partial charge in [-0.05, 0) is 18.1 Å². The molecule has 0 saturated carbocycles. The molecule has 0 bridgehead atoms. The topological polar surface area (TPSA) is 12.9 Å². The minimum Gasteiger partial charge on any atom is -0.253 e. The predicted molar refractivity (Wildman–Crippen MR) is 83.1 cm³/mol. The molecule has 0 saturated heterocycles. The molecule has 0 unspecified atom stereocenters. The quantitative estimate of drug-likeness (QED) is 0.690. The molecule has 1 nitrogen and oxygen atoms in total. The van der Waals surface area contributed by atoms with E-state index in [4.69, 9.17) is 23.2 Å². The Morgan fingerprint density at radius 1 is 1.22 bits per heavy atom. The van der Waals surface area contributed by atoms with Crippen LogP contribution in [0.1, 0.15) is 10.4 Å². The Morgan fingerprint density at radius 2 is 1.94 bits per heavy atom. The zero-order valence-electron chi connectivity index (χ0n) is 9.57. The maximum Gasteiger partial charge on any atom is 0.0794 e. The first-order chi connectivity index (χ1) is 8.72. The third-order valence-electron chi connectivity index (χ3n) is 2.95. The molecular weight excluding hydrogens is 353 g/mol. The van der Waals surface area contributed by atoms with Gasteiger partial charge in [0.2, 0.25) is 0 Å². The molecule has 1 aromatic carbocycles. The number of nitrogens with zero attached hydrogens (tertiary/aromatic N) is 1. The Labute approximate surface area is 129 Å². The van der Waals surface area contributed by atoms with Crippen LogP contribution in [-0.4, -0.2) is 16.7 Å². The molecule has 18 heavy (non-hydrogen) atoms. The molecular formula is C13H12BrCl2NS. The molecule has 0 atom stereocenters. The average Bonchev–Trinajstić information content (AvgIpc) is 2.90. The van der Waals surface area contributed by atoms with Gasteiger partial charge in [0.25, 0.3) is 0 Å². The number of hydrogen-bond acceptors (Lipinski definition) is 2. The van der Waals surface area contributed by atoms with Gasteiger partial charge >= 0.3 is 0 Å². The monoisotopic (exact) mass is 363 g/mol. The van der Waals surface area contributed by atoms with Gasteiger partial charge in [-0.2, -0.15) is 0 Å². The molecule has 2 rings (SSSR count). The fraction of sp³-hybridized carbons (Fsp3) is 0.308. The number of halogens is 3. The summed E-state index contributed by atoms with van der Waals surface area (Å²) in [5.74, 6) is 0.966. The first kappa shape index (κ1) is 14.3. The van der Waals surface area contributed by atoms with Crippen LogP contribution in [0.5, 0.6) is 0 Å². The Kier molecular flexibility index (Phi) is 5.07. The predicted octanol–water partition coefficient (Wildman–Crippen LogP) is 4.86. The van der Waals surface area contributed by atoms with E-state index < -0.39 is 0 Å². The molecule has 1 aromatic heterocycles. The number of thiazole rings is 1. The van der Waals surface area contributed by atoms with E-state index in [0.717, 1.165) is 16.5 Å². The van der Waals surface area contributed by atoms with Crippen LogP contribution in [0.4, 0.5) is 0 Å². The van der Waals surface area contributed by atoms with Crippen molar-refractivity contribution in [2.45, 2.75) is 11.8 Å². The van der Waals surface area contributed by atoms with E-state index in [0.29, 0.717) is 11.8 Å². The second-order valence-electron chi connectivity index (χ2n) is 4.17. The standard InChI is InChI=1S/C13H12BrCl2NS/c14-12-4-2-1-3-11(12)13(7-15,8-16)5-10-6-17-9-18-10/h1-4,6,9H,5,7-8H2. The van der Waals surface area contributed by atoms with Crippen molar-refractivity contribution in [1.82, 2.24) is 4.98 Å². The fourth-order valence-electron chi connectivity index (χ4n) is 1.92. The van der Waals surface area contributed by atoms with Gasteiger partial charge in [-0.15, -0.1) is 34.5 Å². The Bertz CT molecular complexity index is 497. The van der Waals surface area contributed by atoms with E-state index >= 15 is 0 Å². The van der Waals surface area contributed by atoms with Crippen molar-refractivity contribution in [1.29, 1.82) is 0 Å². The highest BCUT2D eigenvalue weighted by Gasteiger charge is 2.33. The second kappa shape index (κ2) is 6.38. The molecule has 0 fully saturated rings. The minimum absolute atomic E-state index is 0.254. The molecule has 1 heterocycles. The minimum atomic E-state index is -0.254. The van der Waals surface area contributed by atoms with Crippen LogP contribution in [0.3, 0.4) is 0 Å². The number of rotatable bonds is 5. The van der Waals surface area contributed by atoms with Crippen molar-refractivity contribution >= 4 is 50.5 Å². The molecule has 5 heteroatoms. The van der Waals surface area contributed by atoms with Gasteiger partial charge < -0.3 is 0 Å². The lowest BCUT2D eigenvalue weighted by Crippen LogP contribution is -2.33. The lowest BCUT2D eigenvalue weighted by Gasteiger charge is -2.30. The van der Waals surface area contributed by atoms with Crippen LogP contribution in [0.25, 0.3) is 0 Å². The lowest BCUT2D eigenvalue weighted by atomic mass is 9.81. The van der Waals surface area contributed by atoms with Crippen molar-refractivity contribution in [2.75, 3.05) is 11.8 Å². The smallest absolute Gasteiger partial charge is 0.0794 e. The Morgan fingerprint density at radius 3 is 2.50 bits per heavy atom. The summed E-state index contributed by atoms with van der Waals surface area (Å²) in [6, 6.07) is 8.11. The summed E-state index contributed by atoms with van der Waals surface area (Å²) in [6.07, 6.45) is 2.70. The molecule has 96 valence electrons. The number of alkyl halides is 2. The van der Waals surface area contributed by atoms with Crippen molar-refractivity contribution in [2.24, 2.45) is 0 Å². The van der Waals surface area contributed by atoms with Gasteiger partial charge in [-0.25, -0.2) is 0 Å². The summed E-state index contributed by atoms with van der Waals surface area (Å²) in [7, 11) is 0. The zero-order chi connectivity index (χ0) is 13.0. The molecule has 2 aromatic rings. The maximum atomic E-state index is 6.23. The lowest BCUT2D eigenvalue weighted by molar-refractivity contribution is 0.538. The summed E-state index contributed by atoms with van der Waals surface area (Å²) in [5, 5.41) is 0. The van der Waals surface area contributed by atoms with Crippen molar-refractivity contribution in [3.05, 3.63) is 50.9 Å². The molecule has 0 aliphatic heterocycles. The summed E-state index contributed by atoms with van der Waals surface area (Å²) < 4.78 is 1.05. The Hall–Kier alpha value is -0.0900. The number of hydrogen-bond donors (Lipinski definition) is 0. The van der Waals surface area contributed by atoms with Gasteiger partial charge in [0.1, 0.15) is 0 Å². The number of benzene rings is 1. The molecule has 0 aliphatic carbocycles. The third-order valence-corrected chi connectivity index (χ3v) is 5.45. The van der Waals surface area contributed by atoms with Crippen LogP contribution >= 0.6 is 50.5 Å². The van der Waals surface area contributed by atoms with Gasteiger partial charge in [0, 0.05) is 32.7 Å². The second-order valence-corrected chi connectivity index (χ2v) is 6.53. The summed E-state index contributed by atoms with van der Waals surface area (Å²) >= 11 is 17.7. The maximum absolute atomic E-state index is 6.23. The van der Waals surface area contributed by atoms with Crippen LogP contribution in [-0.2, 0) is 11.8 Å². The van der Waals surface area contributed by atoms with E-state index in [-0.39, 0.29) is 5.41 Å². The SMILES string of the molecule is ClCC(CCl)(Cc1cncs1)c1ccccc1Br. The highest BCUT2D eigenvalue weighted by Crippen LogP contribution is 2.36. The number of aromatic nitrogens is 1. The molecule has 0 spiro atoms. The van der Waals surface area contributed by atoms with Crippen molar-refractivity contribution in [3.8, 4) is 0 Å². The third kappa shape index (κ3) is 2.90. The molecule has 0 aliphatic rings. The van der Waals surface area contributed by atoms with Crippen LogP contribution in [0.2, 0.25) is 0 Å². The zero-order valence-corrected chi connectivity index (χ0v) is 13.5. The van der Waals surface area contributed by atoms with Gasteiger partial charge in [0.15, 0.2) is 0 Å². The van der Waals surface area contributed by atoms with E-state index in [1.807, 2.05) is 29.9 Å². The van der Waals surface area contributed by atoms with Gasteiger partial charge in [-0.1, -0.05) is 34.1 Å². The highest BCUT2D eigenvalue weighted by atomic mass is 79.9. The van der Waals surface area contributed by atoms with E-state index in [1.54, 1.807) is 11.3 Å². The first-order valence-electron chi connectivity index (χ1n) is 5.46. The molecule has 0 radical (unpaired) electrons.